The normalized spacial score (nSPS) is 10.5. The Labute approximate surface area is 105 Å². The molecule has 0 aliphatic heterocycles. The van der Waals surface area contributed by atoms with E-state index in [9.17, 15) is 4.79 Å². The summed E-state index contributed by atoms with van der Waals surface area (Å²) in [5, 5.41) is 4.74. The zero-order valence-corrected chi connectivity index (χ0v) is 10.5. The molecule has 0 fully saturated rings. The van der Waals surface area contributed by atoms with Crippen molar-refractivity contribution >= 4 is 17.4 Å². The molecule has 0 aliphatic carbocycles. The summed E-state index contributed by atoms with van der Waals surface area (Å²) in [4.78, 5) is 12.1. The van der Waals surface area contributed by atoms with Crippen LogP contribution in [0.15, 0.2) is 30.3 Å². The van der Waals surface area contributed by atoms with Crippen LogP contribution in [0, 0.1) is 13.8 Å². The van der Waals surface area contributed by atoms with Crippen molar-refractivity contribution in [2.24, 2.45) is 0 Å². The fourth-order valence-electron chi connectivity index (χ4n) is 1.74. The Morgan fingerprint density at radius 2 is 2.06 bits per heavy atom. The van der Waals surface area contributed by atoms with Gasteiger partial charge in [-0.1, -0.05) is 23.7 Å². The van der Waals surface area contributed by atoms with Crippen molar-refractivity contribution in [3.63, 3.8) is 0 Å². The molecular weight excluding hydrogens is 236 g/mol. The summed E-state index contributed by atoms with van der Waals surface area (Å²) in [5.74, 6) is -0.0261. The molecule has 2 rings (SSSR count). The monoisotopic (exact) mass is 248 g/mol. The van der Waals surface area contributed by atoms with Gasteiger partial charge < -0.3 is 0 Å². The van der Waals surface area contributed by atoms with E-state index in [0.29, 0.717) is 10.6 Å². The van der Waals surface area contributed by atoms with Gasteiger partial charge >= 0.3 is 0 Å². The van der Waals surface area contributed by atoms with Gasteiger partial charge in [-0.15, -0.1) is 0 Å². The highest BCUT2D eigenvalue weighted by Crippen LogP contribution is 2.16. The Balaban J connectivity index is 2.23. The number of carbonyl (C=O) groups is 1. The Hall–Kier alpha value is -1.61. The number of nitrogens with zero attached hydrogens (tertiary/aromatic N) is 2. The molecule has 0 unspecified atom stereocenters. The van der Waals surface area contributed by atoms with Gasteiger partial charge in [-0.05, 0) is 32.0 Å². The average Bonchev–Trinajstić information content (AvgIpc) is 2.58. The Bertz CT molecular complexity index is 560. The maximum Gasteiger partial charge on any atom is 0.185 e. The fraction of sp³-hybridized carbons (Fsp3) is 0.231. The summed E-state index contributed by atoms with van der Waals surface area (Å²) in [7, 11) is 0. The highest BCUT2D eigenvalue weighted by atomic mass is 35.5. The largest absolute Gasteiger partial charge is 0.292 e. The lowest BCUT2D eigenvalue weighted by Crippen LogP contribution is -2.13. The molecule has 2 aromatic rings. The summed E-state index contributed by atoms with van der Waals surface area (Å²) in [5.41, 5.74) is 2.43. The number of benzene rings is 1. The van der Waals surface area contributed by atoms with E-state index in [1.807, 2.05) is 26.0 Å². The Morgan fingerprint density at radius 1 is 1.35 bits per heavy atom. The summed E-state index contributed by atoms with van der Waals surface area (Å²) >= 11 is 5.98. The van der Waals surface area contributed by atoms with E-state index in [1.54, 1.807) is 22.9 Å². The standard InChI is InChI=1S/C13H13ClN2O/c1-9-7-10(2)16(15-9)8-13(17)11-5-3-4-6-12(11)14/h3-7H,8H2,1-2H3. The second-order valence-electron chi connectivity index (χ2n) is 3.99. The topological polar surface area (TPSA) is 34.9 Å². The number of aryl methyl sites for hydroxylation is 2. The molecule has 17 heavy (non-hydrogen) atoms. The summed E-state index contributed by atoms with van der Waals surface area (Å²) in [6.45, 7) is 4.06. The van der Waals surface area contributed by atoms with Crippen LogP contribution < -0.4 is 0 Å². The highest BCUT2D eigenvalue weighted by molar-refractivity contribution is 6.33. The smallest absolute Gasteiger partial charge is 0.185 e. The molecule has 3 nitrogen and oxygen atoms in total. The first kappa shape index (κ1) is 11.9. The number of aromatic nitrogens is 2. The van der Waals surface area contributed by atoms with Crippen molar-refractivity contribution in [2.75, 3.05) is 0 Å². The number of hydrogen-bond donors (Lipinski definition) is 0. The minimum Gasteiger partial charge on any atom is -0.292 e. The molecular formula is C13H13ClN2O. The third kappa shape index (κ3) is 2.56. The van der Waals surface area contributed by atoms with E-state index in [0.717, 1.165) is 11.4 Å². The Morgan fingerprint density at radius 3 is 2.65 bits per heavy atom. The van der Waals surface area contributed by atoms with E-state index in [1.165, 1.54) is 0 Å². The molecule has 0 atom stereocenters. The highest BCUT2D eigenvalue weighted by Gasteiger charge is 2.12. The molecule has 0 radical (unpaired) electrons. The summed E-state index contributed by atoms with van der Waals surface area (Å²) in [6.07, 6.45) is 0. The molecule has 0 amide bonds. The van der Waals surface area contributed by atoms with Crippen LogP contribution in [0.5, 0.6) is 0 Å². The van der Waals surface area contributed by atoms with Crippen LogP contribution in [0.3, 0.4) is 0 Å². The van der Waals surface area contributed by atoms with E-state index < -0.39 is 0 Å². The summed E-state index contributed by atoms with van der Waals surface area (Å²) in [6, 6.07) is 9.01. The predicted molar refractivity (Wildman–Crippen MR) is 67.5 cm³/mol. The molecule has 0 saturated carbocycles. The van der Waals surface area contributed by atoms with Gasteiger partial charge in [-0.2, -0.15) is 5.10 Å². The van der Waals surface area contributed by atoms with Gasteiger partial charge in [0.15, 0.2) is 5.78 Å². The first-order chi connectivity index (χ1) is 8.08. The number of ketones is 1. The number of rotatable bonds is 3. The predicted octanol–water partition coefficient (Wildman–Crippen LogP) is 3.04. The quantitative estimate of drug-likeness (QED) is 0.783. The van der Waals surface area contributed by atoms with Gasteiger partial charge in [0.1, 0.15) is 6.54 Å². The lowest BCUT2D eigenvalue weighted by molar-refractivity contribution is 0.0967. The van der Waals surface area contributed by atoms with Crippen molar-refractivity contribution in [3.05, 3.63) is 52.3 Å². The van der Waals surface area contributed by atoms with Crippen molar-refractivity contribution in [1.82, 2.24) is 9.78 Å². The van der Waals surface area contributed by atoms with Crippen LogP contribution in [0.1, 0.15) is 21.7 Å². The lowest BCUT2D eigenvalue weighted by atomic mass is 10.1. The fourth-order valence-corrected chi connectivity index (χ4v) is 1.98. The minimum absolute atomic E-state index is 0.0261. The maximum atomic E-state index is 12.1. The average molecular weight is 249 g/mol. The number of hydrogen-bond acceptors (Lipinski definition) is 2. The van der Waals surface area contributed by atoms with E-state index >= 15 is 0 Å². The molecule has 1 aromatic carbocycles. The first-order valence-corrected chi connectivity index (χ1v) is 5.74. The van der Waals surface area contributed by atoms with Gasteiger partial charge in [0, 0.05) is 11.3 Å². The molecule has 0 saturated heterocycles. The first-order valence-electron chi connectivity index (χ1n) is 5.36. The van der Waals surface area contributed by atoms with Crippen molar-refractivity contribution in [1.29, 1.82) is 0 Å². The second-order valence-corrected chi connectivity index (χ2v) is 4.39. The third-order valence-electron chi connectivity index (χ3n) is 2.57. The summed E-state index contributed by atoms with van der Waals surface area (Å²) < 4.78 is 1.70. The van der Waals surface area contributed by atoms with Crippen LogP contribution in [-0.4, -0.2) is 15.6 Å². The number of carbonyl (C=O) groups excluding carboxylic acids is 1. The van der Waals surface area contributed by atoms with E-state index in [2.05, 4.69) is 5.10 Å². The molecule has 88 valence electrons. The van der Waals surface area contributed by atoms with Gasteiger partial charge in [-0.25, -0.2) is 0 Å². The van der Waals surface area contributed by atoms with Gasteiger partial charge in [-0.3, -0.25) is 9.48 Å². The van der Waals surface area contributed by atoms with Crippen LogP contribution >= 0.6 is 11.6 Å². The number of Topliss-reactive ketones (excluding diaryl/α,β-unsaturated/α-hetero) is 1. The van der Waals surface area contributed by atoms with Gasteiger partial charge in [0.05, 0.1) is 10.7 Å². The third-order valence-corrected chi connectivity index (χ3v) is 2.90. The number of halogens is 1. The van der Waals surface area contributed by atoms with Crippen LogP contribution in [0.25, 0.3) is 0 Å². The zero-order valence-electron chi connectivity index (χ0n) is 9.77. The molecule has 0 N–H and O–H groups in total. The Kier molecular flexibility index (Phi) is 3.29. The van der Waals surface area contributed by atoms with Gasteiger partial charge in [0.2, 0.25) is 0 Å². The molecule has 4 heteroatoms. The molecule has 0 aliphatic rings. The van der Waals surface area contributed by atoms with E-state index in [-0.39, 0.29) is 12.3 Å². The van der Waals surface area contributed by atoms with Crippen molar-refractivity contribution < 1.29 is 4.79 Å². The SMILES string of the molecule is Cc1cc(C)n(CC(=O)c2ccccc2Cl)n1. The molecule has 0 spiro atoms. The second kappa shape index (κ2) is 4.72. The molecule has 0 bridgehead atoms. The van der Waals surface area contributed by atoms with Crippen LogP contribution in [-0.2, 0) is 6.54 Å². The van der Waals surface area contributed by atoms with Crippen LogP contribution in [0.4, 0.5) is 0 Å². The maximum absolute atomic E-state index is 12.1. The van der Waals surface area contributed by atoms with Gasteiger partial charge in [0.25, 0.3) is 0 Å². The molecule has 1 heterocycles. The minimum atomic E-state index is -0.0261. The van der Waals surface area contributed by atoms with E-state index in [4.69, 9.17) is 11.6 Å². The lowest BCUT2D eigenvalue weighted by Gasteiger charge is -2.05. The zero-order chi connectivity index (χ0) is 12.4. The van der Waals surface area contributed by atoms with Crippen LogP contribution in [0.2, 0.25) is 5.02 Å². The van der Waals surface area contributed by atoms with Crippen molar-refractivity contribution in [3.8, 4) is 0 Å². The van der Waals surface area contributed by atoms with Crippen molar-refractivity contribution in [2.45, 2.75) is 20.4 Å². The molecule has 1 aromatic heterocycles.